The topological polar surface area (TPSA) is 75.7 Å². The van der Waals surface area contributed by atoms with Crippen molar-refractivity contribution in [3.8, 4) is 17.2 Å². The molecule has 0 spiro atoms. The Labute approximate surface area is 97.6 Å². The van der Waals surface area contributed by atoms with E-state index in [4.69, 9.17) is 10.5 Å². The zero-order valence-electron chi connectivity index (χ0n) is 9.58. The number of phenols is 2. The van der Waals surface area contributed by atoms with Crippen molar-refractivity contribution in [3.05, 3.63) is 17.7 Å². The fraction of sp³-hybridized carbons (Fsp3) is 0.455. The minimum atomic E-state index is -2.69. The summed E-state index contributed by atoms with van der Waals surface area (Å²) in [6, 6.07) is 2.55. The molecule has 96 valence electrons. The Bertz CT molecular complexity index is 408. The Kier molecular flexibility index (Phi) is 3.77. The molecule has 4 N–H and O–H groups in total. The van der Waals surface area contributed by atoms with Crippen molar-refractivity contribution >= 4 is 0 Å². The van der Waals surface area contributed by atoms with Gasteiger partial charge in [-0.25, -0.2) is 8.78 Å². The Morgan fingerprint density at radius 2 is 2.00 bits per heavy atom. The third-order valence-corrected chi connectivity index (χ3v) is 2.42. The predicted octanol–water partition coefficient (Wildman–Crippen LogP) is 1.63. The molecule has 1 aromatic rings. The van der Waals surface area contributed by atoms with Crippen molar-refractivity contribution in [2.45, 2.75) is 25.3 Å². The van der Waals surface area contributed by atoms with E-state index >= 15 is 0 Å². The molecule has 1 aromatic carbocycles. The van der Waals surface area contributed by atoms with E-state index in [0.29, 0.717) is 5.56 Å². The molecule has 0 aliphatic heterocycles. The Morgan fingerprint density at radius 1 is 1.41 bits per heavy atom. The highest BCUT2D eigenvalue weighted by atomic mass is 19.3. The van der Waals surface area contributed by atoms with Gasteiger partial charge in [-0.1, -0.05) is 0 Å². The number of phenolic OH excluding ortho intramolecular Hbond substituents is 2. The monoisotopic (exact) mass is 247 g/mol. The summed E-state index contributed by atoms with van der Waals surface area (Å²) in [6.07, 6.45) is -2.83. The molecule has 1 rings (SSSR count). The molecular formula is C11H15F2NO3. The lowest BCUT2D eigenvalue weighted by atomic mass is 9.94. The lowest BCUT2D eigenvalue weighted by Gasteiger charge is -2.23. The van der Waals surface area contributed by atoms with Crippen LogP contribution in [0.4, 0.5) is 8.78 Å². The molecule has 17 heavy (non-hydrogen) atoms. The third kappa shape index (κ3) is 2.97. The standard InChI is InChI=1S/C11H15F2NO3/c1-11(14,10(12)13)5-6-3-7(15)9(16)8(4-6)17-2/h3-4,10,15-16H,5,14H2,1-2H3. The van der Waals surface area contributed by atoms with Gasteiger partial charge < -0.3 is 20.7 Å². The predicted molar refractivity (Wildman–Crippen MR) is 58.6 cm³/mol. The first-order chi connectivity index (χ1) is 7.77. The van der Waals surface area contributed by atoms with E-state index < -0.39 is 23.5 Å². The van der Waals surface area contributed by atoms with Crippen LogP contribution >= 0.6 is 0 Å². The van der Waals surface area contributed by atoms with Crippen LogP contribution in [0.2, 0.25) is 0 Å². The number of hydrogen-bond acceptors (Lipinski definition) is 4. The van der Waals surface area contributed by atoms with Crippen LogP contribution in [-0.2, 0) is 6.42 Å². The number of hydrogen-bond donors (Lipinski definition) is 3. The smallest absolute Gasteiger partial charge is 0.256 e. The van der Waals surface area contributed by atoms with Gasteiger partial charge in [0.1, 0.15) is 0 Å². The van der Waals surface area contributed by atoms with Crippen LogP contribution in [0.3, 0.4) is 0 Å². The molecule has 0 bridgehead atoms. The average Bonchev–Trinajstić information content (AvgIpc) is 2.22. The summed E-state index contributed by atoms with van der Waals surface area (Å²) in [5, 5.41) is 18.8. The molecule has 4 nitrogen and oxygen atoms in total. The van der Waals surface area contributed by atoms with Crippen molar-refractivity contribution in [2.24, 2.45) is 5.73 Å². The molecule has 6 heteroatoms. The van der Waals surface area contributed by atoms with Gasteiger partial charge in [-0.15, -0.1) is 0 Å². The third-order valence-electron chi connectivity index (χ3n) is 2.42. The summed E-state index contributed by atoms with van der Waals surface area (Å²) in [5.74, 6) is -0.832. The molecule has 0 saturated heterocycles. The van der Waals surface area contributed by atoms with E-state index in [9.17, 15) is 19.0 Å². The maximum atomic E-state index is 12.6. The summed E-state index contributed by atoms with van der Waals surface area (Å²) in [7, 11) is 1.30. The number of nitrogens with two attached hydrogens (primary N) is 1. The molecule has 0 heterocycles. The van der Waals surface area contributed by atoms with Gasteiger partial charge in [0.15, 0.2) is 11.5 Å². The van der Waals surface area contributed by atoms with Gasteiger partial charge in [-0.2, -0.15) is 0 Å². The second-order valence-corrected chi connectivity index (χ2v) is 4.15. The quantitative estimate of drug-likeness (QED) is 0.707. The Balaban J connectivity index is 3.04. The van der Waals surface area contributed by atoms with E-state index in [0.717, 1.165) is 0 Å². The summed E-state index contributed by atoms with van der Waals surface area (Å²) >= 11 is 0. The zero-order valence-corrected chi connectivity index (χ0v) is 9.58. The van der Waals surface area contributed by atoms with Crippen LogP contribution in [0.25, 0.3) is 0 Å². The number of halogens is 2. The second kappa shape index (κ2) is 4.75. The molecule has 0 fully saturated rings. The Morgan fingerprint density at radius 3 is 2.47 bits per heavy atom. The molecule has 0 saturated carbocycles. The lowest BCUT2D eigenvalue weighted by Crippen LogP contribution is -2.45. The number of rotatable bonds is 4. The van der Waals surface area contributed by atoms with Crippen LogP contribution in [0.1, 0.15) is 12.5 Å². The molecule has 0 aromatic heterocycles. The van der Waals surface area contributed by atoms with Crippen LogP contribution in [-0.4, -0.2) is 29.3 Å². The fourth-order valence-electron chi connectivity index (χ4n) is 1.42. The van der Waals surface area contributed by atoms with Crippen LogP contribution < -0.4 is 10.5 Å². The van der Waals surface area contributed by atoms with E-state index in [1.807, 2.05) is 0 Å². The van der Waals surface area contributed by atoms with Gasteiger partial charge in [0.25, 0.3) is 6.43 Å². The number of ether oxygens (including phenoxy) is 1. The highest BCUT2D eigenvalue weighted by Gasteiger charge is 2.31. The minimum absolute atomic E-state index is 0.0186. The van der Waals surface area contributed by atoms with Crippen LogP contribution in [0.5, 0.6) is 17.2 Å². The molecular weight excluding hydrogens is 232 g/mol. The summed E-state index contributed by atoms with van der Waals surface area (Å²) in [4.78, 5) is 0. The maximum absolute atomic E-state index is 12.6. The van der Waals surface area contributed by atoms with Crippen molar-refractivity contribution in [1.82, 2.24) is 0 Å². The Hall–Kier alpha value is -1.56. The van der Waals surface area contributed by atoms with Gasteiger partial charge >= 0.3 is 0 Å². The fourth-order valence-corrected chi connectivity index (χ4v) is 1.42. The highest BCUT2D eigenvalue weighted by molar-refractivity contribution is 5.52. The van der Waals surface area contributed by atoms with Crippen LogP contribution in [0, 0.1) is 0 Å². The average molecular weight is 247 g/mol. The van der Waals surface area contributed by atoms with E-state index in [1.54, 1.807) is 0 Å². The van der Waals surface area contributed by atoms with E-state index in [1.165, 1.54) is 26.2 Å². The SMILES string of the molecule is COc1cc(CC(C)(N)C(F)F)cc(O)c1O. The first kappa shape index (κ1) is 13.5. The highest BCUT2D eigenvalue weighted by Crippen LogP contribution is 2.37. The number of methoxy groups -OCH3 is 1. The van der Waals surface area contributed by atoms with Crippen molar-refractivity contribution in [3.63, 3.8) is 0 Å². The van der Waals surface area contributed by atoms with Crippen molar-refractivity contribution in [1.29, 1.82) is 0 Å². The second-order valence-electron chi connectivity index (χ2n) is 4.15. The van der Waals surface area contributed by atoms with Gasteiger partial charge in [-0.3, -0.25) is 0 Å². The summed E-state index contributed by atoms with van der Waals surface area (Å²) in [5.41, 5.74) is 4.10. The first-order valence-corrected chi connectivity index (χ1v) is 4.94. The van der Waals surface area contributed by atoms with Crippen LogP contribution in [0.15, 0.2) is 12.1 Å². The molecule has 1 atom stereocenters. The number of aromatic hydroxyl groups is 2. The van der Waals surface area contributed by atoms with Gasteiger partial charge in [0, 0.05) is 0 Å². The number of benzene rings is 1. The lowest BCUT2D eigenvalue weighted by molar-refractivity contribution is 0.0638. The summed E-state index contributed by atoms with van der Waals surface area (Å²) < 4.78 is 30.0. The van der Waals surface area contributed by atoms with Gasteiger partial charge in [0.05, 0.1) is 12.6 Å². The zero-order chi connectivity index (χ0) is 13.2. The van der Waals surface area contributed by atoms with E-state index in [-0.39, 0.29) is 12.2 Å². The van der Waals surface area contributed by atoms with Crippen molar-refractivity contribution in [2.75, 3.05) is 7.11 Å². The molecule has 0 aliphatic carbocycles. The van der Waals surface area contributed by atoms with E-state index in [2.05, 4.69) is 0 Å². The molecule has 0 radical (unpaired) electrons. The normalized spacial score (nSPS) is 14.7. The number of alkyl halides is 2. The molecule has 1 unspecified atom stereocenters. The summed E-state index contributed by atoms with van der Waals surface area (Å²) in [6.45, 7) is 1.22. The van der Waals surface area contributed by atoms with Crippen molar-refractivity contribution < 1.29 is 23.7 Å². The van der Waals surface area contributed by atoms with Gasteiger partial charge in [0.2, 0.25) is 5.75 Å². The largest absolute Gasteiger partial charge is 0.504 e. The minimum Gasteiger partial charge on any atom is -0.504 e. The van der Waals surface area contributed by atoms with Gasteiger partial charge in [-0.05, 0) is 31.0 Å². The molecule has 0 amide bonds. The maximum Gasteiger partial charge on any atom is 0.256 e. The molecule has 0 aliphatic rings. The first-order valence-electron chi connectivity index (χ1n) is 4.94.